The SMILES string of the molecule is C=CCN(C(=O)C(C)(C)Br)C1CCCC1. The lowest BCUT2D eigenvalue weighted by molar-refractivity contribution is -0.134. The van der Waals surface area contributed by atoms with Crippen LogP contribution >= 0.6 is 15.9 Å². The van der Waals surface area contributed by atoms with Crippen LogP contribution < -0.4 is 0 Å². The average Bonchev–Trinajstić information content (AvgIpc) is 2.64. The predicted octanol–water partition coefficient (Wildman–Crippen LogP) is 3.12. The number of carbonyl (C=O) groups excluding carboxylic acids is 1. The molecule has 0 N–H and O–H groups in total. The Balaban J connectivity index is 2.72. The van der Waals surface area contributed by atoms with Crippen molar-refractivity contribution in [3.63, 3.8) is 0 Å². The molecule has 0 aliphatic heterocycles. The van der Waals surface area contributed by atoms with Crippen LogP contribution in [0.2, 0.25) is 0 Å². The van der Waals surface area contributed by atoms with Crippen molar-refractivity contribution in [1.29, 1.82) is 0 Å². The fourth-order valence-electron chi connectivity index (χ4n) is 2.09. The van der Waals surface area contributed by atoms with Gasteiger partial charge in [0.1, 0.15) is 0 Å². The van der Waals surface area contributed by atoms with Crippen LogP contribution in [0.3, 0.4) is 0 Å². The lowest BCUT2D eigenvalue weighted by Gasteiger charge is -2.32. The quantitative estimate of drug-likeness (QED) is 0.569. The summed E-state index contributed by atoms with van der Waals surface area (Å²) in [6, 6.07) is 0.423. The molecule has 0 aromatic rings. The Labute approximate surface area is 101 Å². The molecule has 1 rings (SSSR count). The monoisotopic (exact) mass is 273 g/mol. The average molecular weight is 274 g/mol. The summed E-state index contributed by atoms with van der Waals surface area (Å²) >= 11 is 3.44. The van der Waals surface area contributed by atoms with Gasteiger partial charge in [0.25, 0.3) is 0 Å². The lowest BCUT2D eigenvalue weighted by Crippen LogP contribution is -2.46. The second kappa shape index (κ2) is 5.15. The highest BCUT2D eigenvalue weighted by Crippen LogP contribution is 2.28. The molecule has 0 radical (unpaired) electrons. The van der Waals surface area contributed by atoms with Crippen molar-refractivity contribution in [2.75, 3.05) is 6.54 Å². The number of carbonyl (C=O) groups is 1. The van der Waals surface area contributed by atoms with Crippen LogP contribution in [0.25, 0.3) is 0 Å². The molecule has 1 aliphatic carbocycles. The van der Waals surface area contributed by atoms with E-state index in [0.29, 0.717) is 12.6 Å². The second-order valence-corrected chi connectivity index (χ2v) is 6.64. The first kappa shape index (κ1) is 12.8. The first-order chi connectivity index (χ1) is 6.96. The van der Waals surface area contributed by atoms with Gasteiger partial charge in [0.2, 0.25) is 5.91 Å². The minimum Gasteiger partial charge on any atom is -0.335 e. The van der Waals surface area contributed by atoms with Crippen LogP contribution in [0.15, 0.2) is 12.7 Å². The minimum absolute atomic E-state index is 0.175. The third-order valence-electron chi connectivity index (χ3n) is 2.86. The molecule has 0 spiro atoms. The molecule has 0 aromatic heterocycles. The third-order valence-corrected chi connectivity index (χ3v) is 3.20. The van der Waals surface area contributed by atoms with Crippen molar-refractivity contribution in [1.82, 2.24) is 4.90 Å². The summed E-state index contributed by atoms with van der Waals surface area (Å²) in [6.07, 6.45) is 6.59. The molecular weight excluding hydrogens is 254 g/mol. The summed E-state index contributed by atoms with van der Waals surface area (Å²) in [7, 11) is 0. The zero-order chi connectivity index (χ0) is 11.5. The molecular formula is C12H20BrNO. The number of hydrogen-bond acceptors (Lipinski definition) is 1. The van der Waals surface area contributed by atoms with E-state index in [9.17, 15) is 4.79 Å². The van der Waals surface area contributed by atoms with E-state index < -0.39 is 4.32 Å². The number of amides is 1. The van der Waals surface area contributed by atoms with Crippen LogP contribution in [0.1, 0.15) is 39.5 Å². The molecule has 1 aliphatic rings. The molecule has 1 fully saturated rings. The maximum absolute atomic E-state index is 12.2. The van der Waals surface area contributed by atoms with Crippen LogP contribution in [0.5, 0.6) is 0 Å². The fourth-order valence-corrected chi connectivity index (χ4v) is 2.32. The summed E-state index contributed by atoms with van der Waals surface area (Å²) in [6.45, 7) is 8.20. The van der Waals surface area contributed by atoms with Crippen LogP contribution in [0, 0.1) is 0 Å². The minimum atomic E-state index is -0.460. The molecule has 0 aromatic carbocycles. The van der Waals surface area contributed by atoms with Gasteiger partial charge in [-0.3, -0.25) is 4.79 Å². The molecule has 3 heteroatoms. The molecule has 1 amide bonds. The molecule has 1 saturated carbocycles. The van der Waals surface area contributed by atoms with Crippen molar-refractivity contribution in [2.24, 2.45) is 0 Å². The van der Waals surface area contributed by atoms with Gasteiger partial charge in [-0.05, 0) is 26.7 Å². The number of hydrogen-bond donors (Lipinski definition) is 0. The lowest BCUT2D eigenvalue weighted by atomic mass is 10.1. The van der Waals surface area contributed by atoms with Gasteiger partial charge in [0.05, 0.1) is 4.32 Å². The summed E-state index contributed by atoms with van der Waals surface area (Å²) in [5.41, 5.74) is 0. The zero-order valence-electron chi connectivity index (χ0n) is 9.63. The largest absolute Gasteiger partial charge is 0.335 e. The summed E-state index contributed by atoms with van der Waals surface area (Å²) in [4.78, 5) is 14.1. The number of rotatable bonds is 4. The van der Waals surface area contributed by atoms with Gasteiger partial charge >= 0.3 is 0 Å². The smallest absolute Gasteiger partial charge is 0.239 e. The Bertz CT molecular complexity index is 238. The van der Waals surface area contributed by atoms with Gasteiger partial charge in [-0.25, -0.2) is 0 Å². The van der Waals surface area contributed by atoms with Crippen molar-refractivity contribution in [3.05, 3.63) is 12.7 Å². The predicted molar refractivity (Wildman–Crippen MR) is 67.2 cm³/mol. The topological polar surface area (TPSA) is 20.3 Å². The van der Waals surface area contributed by atoms with E-state index in [1.807, 2.05) is 24.8 Å². The number of nitrogens with zero attached hydrogens (tertiary/aromatic N) is 1. The number of alkyl halides is 1. The van der Waals surface area contributed by atoms with Crippen molar-refractivity contribution in [3.8, 4) is 0 Å². The highest BCUT2D eigenvalue weighted by molar-refractivity contribution is 9.10. The zero-order valence-corrected chi connectivity index (χ0v) is 11.2. The van der Waals surface area contributed by atoms with Gasteiger partial charge in [0, 0.05) is 12.6 Å². The van der Waals surface area contributed by atoms with E-state index in [1.165, 1.54) is 12.8 Å². The van der Waals surface area contributed by atoms with E-state index in [2.05, 4.69) is 22.5 Å². The van der Waals surface area contributed by atoms with Gasteiger partial charge < -0.3 is 4.90 Å². The van der Waals surface area contributed by atoms with E-state index >= 15 is 0 Å². The highest BCUT2D eigenvalue weighted by atomic mass is 79.9. The second-order valence-electron chi connectivity index (χ2n) is 4.66. The molecule has 2 nitrogen and oxygen atoms in total. The highest BCUT2D eigenvalue weighted by Gasteiger charge is 2.33. The van der Waals surface area contributed by atoms with Crippen molar-refractivity contribution >= 4 is 21.8 Å². The van der Waals surface area contributed by atoms with E-state index in [0.717, 1.165) is 12.8 Å². The summed E-state index contributed by atoms with van der Waals surface area (Å²) in [5, 5.41) is 0. The van der Waals surface area contributed by atoms with Crippen molar-refractivity contribution < 1.29 is 4.79 Å². The fraction of sp³-hybridized carbons (Fsp3) is 0.750. The summed E-state index contributed by atoms with van der Waals surface area (Å²) < 4.78 is -0.460. The maximum atomic E-state index is 12.2. The van der Waals surface area contributed by atoms with Gasteiger partial charge in [0.15, 0.2) is 0 Å². The molecule has 86 valence electrons. The first-order valence-electron chi connectivity index (χ1n) is 5.57. The molecule has 0 unspecified atom stereocenters. The van der Waals surface area contributed by atoms with Crippen LogP contribution in [-0.4, -0.2) is 27.7 Å². The van der Waals surface area contributed by atoms with Gasteiger partial charge in [-0.1, -0.05) is 34.8 Å². The summed E-state index contributed by atoms with van der Waals surface area (Å²) in [5.74, 6) is 0.175. The van der Waals surface area contributed by atoms with Crippen molar-refractivity contribution in [2.45, 2.75) is 49.9 Å². The Morgan fingerprint density at radius 1 is 1.53 bits per heavy atom. The number of halogens is 1. The normalized spacial score (nSPS) is 17.8. The van der Waals surface area contributed by atoms with E-state index in [4.69, 9.17) is 0 Å². The van der Waals surface area contributed by atoms with Crippen LogP contribution in [0.4, 0.5) is 0 Å². The molecule has 0 bridgehead atoms. The van der Waals surface area contributed by atoms with Gasteiger partial charge in [-0.15, -0.1) is 6.58 Å². The van der Waals surface area contributed by atoms with Crippen LogP contribution in [-0.2, 0) is 4.79 Å². The Hall–Kier alpha value is -0.310. The Kier molecular flexibility index (Phi) is 4.38. The van der Waals surface area contributed by atoms with Gasteiger partial charge in [-0.2, -0.15) is 0 Å². The Morgan fingerprint density at radius 2 is 2.07 bits per heavy atom. The molecule has 0 saturated heterocycles. The maximum Gasteiger partial charge on any atom is 0.239 e. The molecule has 0 heterocycles. The standard InChI is InChI=1S/C12H20BrNO/c1-4-9-14(10-7-5-6-8-10)11(15)12(2,3)13/h4,10H,1,5-9H2,2-3H3. The first-order valence-corrected chi connectivity index (χ1v) is 6.37. The van der Waals surface area contributed by atoms with E-state index in [-0.39, 0.29) is 5.91 Å². The van der Waals surface area contributed by atoms with E-state index in [1.54, 1.807) is 0 Å². The molecule has 0 atom stereocenters. The molecule has 15 heavy (non-hydrogen) atoms. The Morgan fingerprint density at radius 3 is 2.47 bits per heavy atom. The third kappa shape index (κ3) is 3.33.